The van der Waals surface area contributed by atoms with Crippen molar-refractivity contribution in [2.45, 2.75) is 264 Å². The normalized spacial score (nSPS) is 12.1. The molecule has 0 fully saturated rings. The highest BCUT2D eigenvalue weighted by Gasteiger charge is 2.19. The van der Waals surface area contributed by atoms with Crippen molar-refractivity contribution in [1.29, 1.82) is 0 Å². The van der Waals surface area contributed by atoms with Crippen LogP contribution in [0.1, 0.15) is 258 Å². The Kier molecular flexibility index (Phi) is 43.9. The molecule has 0 N–H and O–H groups in total. The fraction of sp³-hybridized carbons (Fsp3) is 0.860. The lowest BCUT2D eigenvalue weighted by atomic mass is 10.0. The topological polar surface area (TPSA) is 78.9 Å². The number of unbranched alkanes of at least 4 members (excludes halogenated alkanes) is 29. The molecule has 0 rings (SSSR count). The molecule has 0 aliphatic carbocycles. The van der Waals surface area contributed by atoms with Gasteiger partial charge in [-0.05, 0) is 51.4 Å². The maximum atomic E-state index is 12.7. The van der Waals surface area contributed by atoms with Gasteiger partial charge < -0.3 is 14.2 Å². The van der Waals surface area contributed by atoms with Crippen LogP contribution >= 0.6 is 0 Å². The van der Waals surface area contributed by atoms with Crippen LogP contribution in [0.3, 0.4) is 0 Å². The highest BCUT2D eigenvalue weighted by molar-refractivity contribution is 5.71. The van der Waals surface area contributed by atoms with Crippen molar-refractivity contribution in [1.82, 2.24) is 0 Å². The smallest absolute Gasteiger partial charge is 0.306 e. The van der Waals surface area contributed by atoms with Gasteiger partial charge in [-0.3, -0.25) is 14.4 Å². The summed E-state index contributed by atoms with van der Waals surface area (Å²) in [5.41, 5.74) is 0. The highest BCUT2D eigenvalue weighted by Crippen LogP contribution is 2.15. The number of hydrogen-bond donors (Lipinski definition) is 0. The van der Waals surface area contributed by atoms with Crippen LogP contribution in [0.15, 0.2) is 24.3 Å². The van der Waals surface area contributed by atoms with Crippen LogP contribution in [-0.4, -0.2) is 37.2 Å². The van der Waals surface area contributed by atoms with Gasteiger partial charge in [0.2, 0.25) is 0 Å². The van der Waals surface area contributed by atoms with Gasteiger partial charge in [0.1, 0.15) is 13.2 Å². The van der Waals surface area contributed by atoms with Gasteiger partial charge in [-0.2, -0.15) is 0 Å². The van der Waals surface area contributed by atoms with E-state index in [0.717, 1.165) is 77.0 Å². The van der Waals surface area contributed by atoms with E-state index in [9.17, 15) is 14.4 Å². The second kappa shape index (κ2) is 45.6. The minimum Gasteiger partial charge on any atom is -0.462 e. The summed E-state index contributed by atoms with van der Waals surface area (Å²) >= 11 is 0. The predicted molar refractivity (Wildman–Crippen MR) is 238 cm³/mol. The van der Waals surface area contributed by atoms with Crippen LogP contribution < -0.4 is 0 Å². The Morgan fingerprint density at radius 1 is 0.357 bits per heavy atom. The summed E-state index contributed by atoms with van der Waals surface area (Å²) in [7, 11) is 0. The Balaban J connectivity index is 4.33. The van der Waals surface area contributed by atoms with E-state index in [0.29, 0.717) is 19.3 Å². The van der Waals surface area contributed by atoms with Crippen LogP contribution in [0.2, 0.25) is 0 Å². The molecule has 0 amide bonds. The molecule has 0 unspecified atom stereocenters. The van der Waals surface area contributed by atoms with Gasteiger partial charge in [0, 0.05) is 19.3 Å². The minimum absolute atomic E-state index is 0.0717. The zero-order valence-corrected chi connectivity index (χ0v) is 37.4. The third kappa shape index (κ3) is 43.0. The molecule has 0 aromatic carbocycles. The van der Waals surface area contributed by atoms with E-state index >= 15 is 0 Å². The molecular weight excluding hydrogens is 697 g/mol. The van der Waals surface area contributed by atoms with Crippen molar-refractivity contribution in [2.75, 3.05) is 13.2 Å². The summed E-state index contributed by atoms with van der Waals surface area (Å²) < 4.78 is 16.7. The summed E-state index contributed by atoms with van der Waals surface area (Å²) in [6.07, 6.45) is 50.1. The van der Waals surface area contributed by atoms with Gasteiger partial charge in [0.15, 0.2) is 6.10 Å². The van der Waals surface area contributed by atoms with Crippen molar-refractivity contribution < 1.29 is 28.6 Å². The molecule has 0 saturated carbocycles. The summed E-state index contributed by atoms with van der Waals surface area (Å²) in [6.45, 7) is 6.59. The van der Waals surface area contributed by atoms with Gasteiger partial charge in [-0.1, -0.05) is 212 Å². The second-order valence-corrected chi connectivity index (χ2v) is 16.4. The Labute approximate surface area is 347 Å². The third-order valence-electron chi connectivity index (χ3n) is 10.7. The molecule has 0 aliphatic heterocycles. The quantitative estimate of drug-likeness (QED) is 0.0265. The Bertz CT molecular complexity index is 911. The van der Waals surface area contributed by atoms with Crippen molar-refractivity contribution in [3.05, 3.63) is 24.3 Å². The van der Waals surface area contributed by atoms with Crippen LogP contribution in [-0.2, 0) is 28.6 Å². The lowest BCUT2D eigenvalue weighted by molar-refractivity contribution is -0.167. The van der Waals surface area contributed by atoms with Crippen molar-refractivity contribution in [2.24, 2.45) is 0 Å². The number of carbonyl (C=O) groups is 3. The first-order valence-corrected chi connectivity index (χ1v) is 24.3. The van der Waals surface area contributed by atoms with Crippen LogP contribution in [0.5, 0.6) is 0 Å². The van der Waals surface area contributed by atoms with E-state index in [1.165, 1.54) is 141 Å². The molecule has 0 radical (unpaired) electrons. The summed E-state index contributed by atoms with van der Waals surface area (Å²) in [5, 5.41) is 0. The summed E-state index contributed by atoms with van der Waals surface area (Å²) in [6, 6.07) is 0. The lowest BCUT2D eigenvalue weighted by Gasteiger charge is -2.18. The predicted octanol–water partition coefficient (Wildman–Crippen LogP) is 15.6. The first kappa shape index (κ1) is 53.9. The minimum atomic E-state index is -0.769. The summed E-state index contributed by atoms with van der Waals surface area (Å²) in [4.78, 5) is 37.8. The Hall–Kier alpha value is -2.11. The first-order valence-electron chi connectivity index (χ1n) is 24.3. The lowest BCUT2D eigenvalue weighted by Crippen LogP contribution is -2.30. The highest BCUT2D eigenvalue weighted by atomic mass is 16.6. The number of rotatable bonds is 44. The number of hydrogen-bond acceptors (Lipinski definition) is 6. The number of carbonyl (C=O) groups excluding carboxylic acids is 3. The molecular formula is C50H92O6. The fourth-order valence-electron chi connectivity index (χ4n) is 7.00. The zero-order chi connectivity index (χ0) is 40.8. The molecule has 0 aromatic rings. The summed E-state index contributed by atoms with van der Waals surface area (Å²) in [5.74, 6) is -0.879. The SMILES string of the molecule is CCCCC/C=C\C/C=C\CCCCCCCC(=O)OC[C@@H](COC(=O)CCCCCCCCCCC)OC(=O)CCCCCCCCCCCCCCCC. The van der Waals surface area contributed by atoms with E-state index in [2.05, 4.69) is 45.1 Å². The van der Waals surface area contributed by atoms with Gasteiger partial charge >= 0.3 is 17.9 Å². The van der Waals surface area contributed by atoms with E-state index in [-0.39, 0.29) is 31.1 Å². The van der Waals surface area contributed by atoms with E-state index in [1.54, 1.807) is 0 Å². The molecule has 6 heteroatoms. The molecule has 0 aromatic heterocycles. The maximum Gasteiger partial charge on any atom is 0.306 e. The van der Waals surface area contributed by atoms with Gasteiger partial charge in [-0.25, -0.2) is 0 Å². The van der Waals surface area contributed by atoms with E-state index in [1.807, 2.05) is 0 Å². The Morgan fingerprint density at radius 2 is 0.643 bits per heavy atom. The standard InChI is InChI=1S/C50H92O6/c1-4-7-10-13-16-19-21-23-25-27-28-31-34-37-40-43-49(52)55-46-47(45-54-48(51)42-39-36-33-30-18-15-12-9-6-3)56-50(53)44-41-38-35-32-29-26-24-22-20-17-14-11-8-5-2/h16,19,23,25,47H,4-15,17-18,20-22,24,26-46H2,1-3H3/b19-16-,25-23-/t47-/m1/s1. The molecule has 0 aliphatic rings. The molecule has 0 saturated heterocycles. The van der Waals surface area contributed by atoms with Gasteiger partial charge in [0.05, 0.1) is 0 Å². The maximum absolute atomic E-state index is 12.7. The number of allylic oxidation sites excluding steroid dienone is 4. The van der Waals surface area contributed by atoms with E-state index < -0.39 is 6.10 Å². The molecule has 56 heavy (non-hydrogen) atoms. The van der Waals surface area contributed by atoms with Crippen LogP contribution in [0, 0.1) is 0 Å². The van der Waals surface area contributed by atoms with Gasteiger partial charge in [-0.15, -0.1) is 0 Å². The number of esters is 3. The average molecular weight is 789 g/mol. The molecule has 328 valence electrons. The van der Waals surface area contributed by atoms with Crippen molar-refractivity contribution >= 4 is 17.9 Å². The van der Waals surface area contributed by atoms with Crippen molar-refractivity contribution in [3.63, 3.8) is 0 Å². The largest absolute Gasteiger partial charge is 0.462 e. The second-order valence-electron chi connectivity index (χ2n) is 16.4. The zero-order valence-electron chi connectivity index (χ0n) is 37.4. The van der Waals surface area contributed by atoms with Crippen molar-refractivity contribution in [3.8, 4) is 0 Å². The molecule has 6 nitrogen and oxygen atoms in total. The molecule has 0 bridgehead atoms. The average Bonchev–Trinajstić information content (AvgIpc) is 3.19. The Morgan fingerprint density at radius 3 is 1.02 bits per heavy atom. The number of ether oxygens (including phenoxy) is 3. The molecule has 1 atom stereocenters. The van der Waals surface area contributed by atoms with Crippen LogP contribution in [0.4, 0.5) is 0 Å². The fourth-order valence-corrected chi connectivity index (χ4v) is 7.00. The first-order chi connectivity index (χ1) is 27.5. The molecule has 0 spiro atoms. The third-order valence-corrected chi connectivity index (χ3v) is 10.7. The molecule has 0 heterocycles. The monoisotopic (exact) mass is 789 g/mol. The van der Waals surface area contributed by atoms with E-state index in [4.69, 9.17) is 14.2 Å². The van der Waals surface area contributed by atoms with Crippen LogP contribution in [0.25, 0.3) is 0 Å². The van der Waals surface area contributed by atoms with Gasteiger partial charge in [0.25, 0.3) is 0 Å².